The molecule has 3 heterocycles. The summed E-state index contributed by atoms with van der Waals surface area (Å²) in [5, 5.41) is 64.8. The number of imidazole rings is 1. The van der Waals surface area contributed by atoms with Crippen LogP contribution in [0.1, 0.15) is 110 Å². The van der Waals surface area contributed by atoms with Gasteiger partial charge in [-0.3, -0.25) is 67.1 Å². The lowest BCUT2D eigenvalue weighted by Crippen LogP contribution is -2.62. The molecule has 2 aromatic heterocycles. The van der Waals surface area contributed by atoms with Gasteiger partial charge in [0.25, 0.3) is 0 Å². The first-order valence-corrected chi connectivity index (χ1v) is 41.5. The molecule has 14 atom stereocenters. The van der Waals surface area contributed by atoms with Crippen molar-refractivity contribution in [1.29, 1.82) is 0 Å². The second-order valence-electron chi connectivity index (χ2n) is 28.7. The van der Waals surface area contributed by atoms with Crippen molar-refractivity contribution in [2.24, 2.45) is 23.3 Å². The van der Waals surface area contributed by atoms with Crippen molar-refractivity contribution >= 4 is 136 Å². The Kier molecular flexibility index (Phi) is 40.9. The fourth-order valence-electron chi connectivity index (χ4n) is 12.4. The first-order chi connectivity index (χ1) is 54.7. The number of aromatic nitrogens is 3. The van der Waals surface area contributed by atoms with Gasteiger partial charge in [-0.15, -0.1) is 0 Å². The lowest BCUT2D eigenvalue weighted by molar-refractivity contribution is -0.143. The third-order valence-corrected chi connectivity index (χ3v) is 20.4. The smallest absolute Gasteiger partial charge is 0.326 e. The highest BCUT2D eigenvalue weighted by atomic mass is 32.2. The van der Waals surface area contributed by atoms with E-state index in [9.17, 15) is 87.2 Å². The molecule has 1 fully saturated rings. The van der Waals surface area contributed by atoms with Crippen LogP contribution in [-0.4, -0.2) is 271 Å². The number of aromatic amines is 2. The van der Waals surface area contributed by atoms with Gasteiger partial charge in [0.05, 0.1) is 43.9 Å². The number of likely N-dealkylation sites (tertiary alicyclic amines) is 1. The number of rotatable bonds is 50. The third-order valence-electron chi connectivity index (χ3n) is 18.8. The average Bonchev–Trinajstić information content (AvgIpc) is 1.74. The molecule has 2 aromatic carbocycles. The second-order valence-corrected chi connectivity index (χ2v) is 31.1. The summed E-state index contributed by atoms with van der Waals surface area (Å²) in [6.07, 6.45) is 7.95. The van der Waals surface area contributed by atoms with Gasteiger partial charge in [-0.25, -0.2) is 9.78 Å². The molecule has 634 valence electrons. The number of unbranched alkanes of at least 4 members (excludes halogenated alkanes) is 1. The fraction of sp³-hybridized carbons (Fsp3) is 0.573. The number of nitrogens with zero attached hydrogens (tertiary/aromatic N) is 2. The largest absolute Gasteiger partial charge is 0.480 e. The number of amides is 14. The van der Waals surface area contributed by atoms with Gasteiger partial charge in [-0.1, -0.05) is 76.2 Å². The van der Waals surface area contributed by atoms with Gasteiger partial charge < -0.3 is 111 Å². The monoisotopic (exact) mass is 1660 g/mol. The number of nitrogens with one attached hydrogen (secondary N) is 15. The van der Waals surface area contributed by atoms with Crippen LogP contribution in [0.15, 0.2) is 73.3 Å². The summed E-state index contributed by atoms with van der Waals surface area (Å²) < 4.78 is 0. The summed E-state index contributed by atoms with van der Waals surface area (Å²) >= 11 is 7.11. The summed E-state index contributed by atoms with van der Waals surface area (Å²) in [5.41, 5.74) is 14.2. The minimum atomic E-state index is -1.65. The van der Waals surface area contributed by atoms with Crippen LogP contribution in [0.2, 0.25) is 0 Å². The lowest BCUT2D eigenvalue weighted by atomic mass is 10.0. The Hall–Kier alpha value is -9.87. The van der Waals surface area contributed by atoms with Crippen molar-refractivity contribution in [1.82, 2.24) is 89.0 Å². The molecule has 37 nitrogen and oxygen atoms in total. The average molecular weight is 1670 g/mol. The Balaban J connectivity index is 1.17. The van der Waals surface area contributed by atoms with Crippen LogP contribution >= 0.6 is 36.2 Å². The number of hydrogen-bond acceptors (Lipinski definition) is 23. The summed E-state index contributed by atoms with van der Waals surface area (Å²) in [4.78, 5) is 217. The molecular weight excluding hydrogens is 1550 g/mol. The minimum absolute atomic E-state index is 0.0000564. The van der Waals surface area contributed by atoms with E-state index in [2.05, 4.69) is 96.7 Å². The van der Waals surface area contributed by atoms with Crippen LogP contribution in [0.3, 0.4) is 0 Å². The van der Waals surface area contributed by atoms with Crippen molar-refractivity contribution in [3.63, 3.8) is 0 Å². The first kappa shape index (κ1) is 95.7. The van der Waals surface area contributed by atoms with E-state index in [1.807, 2.05) is 30.5 Å². The highest BCUT2D eigenvalue weighted by Gasteiger charge is 2.41. The number of carboxylic acid groups (broad SMARTS) is 1. The van der Waals surface area contributed by atoms with Crippen molar-refractivity contribution in [3.8, 4) is 0 Å². The number of aliphatic carboxylic acids is 1. The molecule has 1 aliphatic rings. The Labute approximate surface area is 681 Å². The molecule has 40 heteroatoms. The second kappa shape index (κ2) is 49.1. The number of carboxylic acids is 1. The number of thioether (sulfide) groups is 2. The predicted molar refractivity (Wildman–Crippen MR) is 434 cm³/mol. The van der Waals surface area contributed by atoms with Crippen molar-refractivity contribution in [2.45, 2.75) is 197 Å². The van der Waals surface area contributed by atoms with E-state index in [0.717, 1.165) is 15.8 Å². The minimum Gasteiger partial charge on any atom is -0.480 e. The summed E-state index contributed by atoms with van der Waals surface area (Å²) in [6.45, 7) is 7.13. The molecule has 0 saturated carbocycles. The zero-order valence-electron chi connectivity index (χ0n) is 65.9. The number of fused-ring (bicyclic) bond motifs is 1. The van der Waals surface area contributed by atoms with Gasteiger partial charge in [0.2, 0.25) is 82.7 Å². The molecule has 0 aliphatic carbocycles. The number of aliphatic hydroxyl groups is 2. The number of H-pyrrole nitrogens is 2. The Morgan fingerprint density at radius 3 is 1.73 bits per heavy atom. The van der Waals surface area contributed by atoms with Crippen LogP contribution in [0.5, 0.6) is 0 Å². The molecule has 1 aliphatic heterocycles. The molecule has 22 N–H and O–H groups in total. The molecule has 1 saturated heterocycles. The Morgan fingerprint density at radius 1 is 0.583 bits per heavy atom. The van der Waals surface area contributed by atoms with Crippen molar-refractivity contribution in [2.75, 3.05) is 62.6 Å². The van der Waals surface area contributed by atoms with E-state index in [-0.39, 0.29) is 63.2 Å². The van der Waals surface area contributed by atoms with Gasteiger partial charge in [-0.2, -0.15) is 36.2 Å². The van der Waals surface area contributed by atoms with Crippen molar-refractivity contribution in [3.05, 3.63) is 90.1 Å². The predicted octanol–water partition coefficient (Wildman–Crippen LogP) is -3.45. The molecule has 14 amide bonds. The third kappa shape index (κ3) is 31.4. The highest BCUT2D eigenvalue weighted by Crippen LogP contribution is 2.22. The normalized spacial score (nSPS) is 16.0. The van der Waals surface area contributed by atoms with Crippen LogP contribution in [0.4, 0.5) is 0 Å². The topological polar surface area (TPSA) is 573 Å². The number of para-hydroxylation sites is 1. The molecule has 115 heavy (non-hydrogen) atoms. The van der Waals surface area contributed by atoms with E-state index >= 15 is 0 Å². The van der Waals surface area contributed by atoms with Gasteiger partial charge in [0, 0.05) is 54.9 Å². The number of carbonyl (C=O) groups excluding carboxylic acids is 14. The van der Waals surface area contributed by atoms with Gasteiger partial charge in [0.15, 0.2) is 0 Å². The molecule has 0 radical (unpaired) electrons. The van der Waals surface area contributed by atoms with Crippen LogP contribution < -0.4 is 80.6 Å². The number of thiol groups is 1. The maximum Gasteiger partial charge on any atom is 0.326 e. The molecular formula is C75H113N19O18S3. The van der Waals surface area contributed by atoms with Gasteiger partial charge in [-0.05, 0) is 125 Å². The highest BCUT2D eigenvalue weighted by molar-refractivity contribution is 7.98. The Bertz CT molecular complexity index is 3910. The number of nitrogens with two attached hydrogens (primary N) is 2. The molecule has 0 bridgehead atoms. The summed E-state index contributed by atoms with van der Waals surface area (Å²) in [7, 11) is 0. The molecule has 0 spiro atoms. The van der Waals surface area contributed by atoms with Gasteiger partial charge in [0.1, 0.15) is 72.5 Å². The maximum atomic E-state index is 14.4. The van der Waals surface area contributed by atoms with E-state index < -0.39 is 199 Å². The summed E-state index contributed by atoms with van der Waals surface area (Å²) in [5.74, 6) is -13.5. The number of aliphatic hydroxyl groups excluding tert-OH is 2. The van der Waals surface area contributed by atoms with Gasteiger partial charge >= 0.3 is 5.97 Å². The van der Waals surface area contributed by atoms with E-state index in [0.29, 0.717) is 60.6 Å². The summed E-state index contributed by atoms with van der Waals surface area (Å²) in [6, 6.07) is -1.49. The molecule has 5 rings (SSSR count). The molecule has 4 aromatic rings. The first-order valence-electron chi connectivity index (χ1n) is 38.0. The Morgan fingerprint density at radius 2 is 1.13 bits per heavy atom. The SMILES string of the molecule is CSCC[C@H](NC(=O)CNC(=O)[C@H](C)NC(=O)[C@@H]1CCCN1C(=O)[C@H](CO)NC(=O)[C@H](Cc1ccccc1)NC(=O)[C@H](Cc1c[nH]c2ccccc12)NC(=O)[C@@H](N)CCSC)C(=O)NCC(=O)N[C@@H](Cc1c[nH]cn1)C(=O)N[C@@H](CC(C)C)C(=O)N[C@@H](CS)C(=O)N[C@H](C(=O)N[C@H](C(=O)N[C@@H](CCCCN)C(=O)O)[C@@H](C)O)C(C)C. The van der Waals surface area contributed by atoms with E-state index in [1.54, 1.807) is 70.5 Å². The molecule has 0 unspecified atom stereocenters. The zero-order valence-corrected chi connectivity index (χ0v) is 68.4. The number of carbonyl (C=O) groups is 15. The quantitative estimate of drug-likeness (QED) is 0.0151. The van der Waals surface area contributed by atoms with E-state index in [4.69, 9.17) is 11.5 Å². The zero-order chi connectivity index (χ0) is 85.0. The lowest BCUT2D eigenvalue weighted by Gasteiger charge is -2.30. The van der Waals surface area contributed by atoms with Crippen LogP contribution in [-0.2, 0) is 91.2 Å². The van der Waals surface area contributed by atoms with E-state index in [1.165, 1.54) is 49.9 Å². The van der Waals surface area contributed by atoms with Crippen molar-refractivity contribution < 1.29 is 87.2 Å². The van der Waals surface area contributed by atoms with Crippen LogP contribution in [0, 0.1) is 11.8 Å². The number of benzene rings is 2. The fourth-order valence-corrected chi connectivity index (χ4v) is 13.6. The number of hydrogen-bond donors (Lipinski definition) is 21. The maximum absolute atomic E-state index is 14.4. The van der Waals surface area contributed by atoms with Crippen LogP contribution in [0.25, 0.3) is 10.9 Å². The standard InChI is InChI=1S/C75H113N19O18S3/c1-40(2)29-52(66(102)91-57(38-113)70(106)92-61(41(3)4)72(108)93-62(43(6)96)73(109)86-51(75(111)112)21-14-15-25-76)88-69(105)55(32-46-34-78-39-82-46)85-60(98)36-81-65(101)50(24-28-115-8)84-59(97)35-80-63(99)42(5)83-71(107)58-22-16-26-94(58)74(110)56(37-95)90-67(103)53(30-44-17-10-9-11-18-44)89-68(104)54(87-64(100)48(77)23-27-114-7)31-45-33-79-49-20-13-12-19-47(45)49/h9-13,17-20,33-34,39-43,48,50-58,61-62,79,95-96,113H,14-16,21-32,35-38,76-77H2,1-8H3,(H,78,82)(H,80,99)(H,81,101)(H,83,107)(H,84,97)(H,85,98)(H,86,109)(H,87,100)(H,88,105)(H,89,104)(H,90,103)(H,91,102)(H,92,106)(H,93,108)(H,111,112)/t42-,43+,48-,50-,51-,52-,53-,54-,55-,56-,57-,58-,61-,62-/m0/s1.